The predicted octanol–water partition coefficient (Wildman–Crippen LogP) is 3.40. The first kappa shape index (κ1) is 18.5. The fraction of sp³-hybridized carbons (Fsp3) is 0.429. The fourth-order valence-corrected chi connectivity index (χ4v) is 4.13. The second-order valence-corrected chi connectivity index (χ2v) is 7.49. The van der Waals surface area contributed by atoms with Crippen molar-refractivity contribution in [2.24, 2.45) is 5.92 Å². The summed E-state index contributed by atoms with van der Waals surface area (Å²) in [5.74, 6) is 0.0213. The molecule has 2 aromatic rings. The molecule has 1 N–H and O–H groups in total. The summed E-state index contributed by atoms with van der Waals surface area (Å²) < 4.78 is 13.3. The Kier molecular flexibility index (Phi) is 5.32. The van der Waals surface area contributed by atoms with Crippen LogP contribution in [0.15, 0.2) is 36.7 Å². The Morgan fingerprint density at radius 3 is 2.50 bits per heavy atom. The number of rotatable bonds is 4. The van der Waals surface area contributed by atoms with E-state index in [2.05, 4.69) is 15.3 Å². The minimum atomic E-state index is -0.318. The van der Waals surface area contributed by atoms with Gasteiger partial charge in [0, 0.05) is 42.9 Å². The molecule has 1 aliphatic heterocycles. The van der Waals surface area contributed by atoms with Gasteiger partial charge in [-0.2, -0.15) is 0 Å². The number of benzene rings is 1. The van der Waals surface area contributed by atoms with E-state index in [0.717, 1.165) is 38.6 Å². The van der Waals surface area contributed by atoms with Gasteiger partial charge in [-0.1, -0.05) is 12.1 Å². The Labute approximate surface area is 163 Å². The summed E-state index contributed by atoms with van der Waals surface area (Å²) in [5, 5.41) is 2.78. The third-order valence-electron chi connectivity index (χ3n) is 5.66. The van der Waals surface area contributed by atoms with Gasteiger partial charge in [0.25, 0.3) is 0 Å². The van der Waals surface area contributed by atoms with Crippen molar-refractivity contribution in [3.8, 4) is 11.1 Å². The highest BCUT2D eigenvalue weighted by atomic mass is 19.1. The third kappa shape index (κ3) is 4.03. The molecule has 1 aromatic heterocycles. The first-order valence-electron chi connectivity index (χ1n) is 9.78. The second kappa shape index (κ2) is 8.04. The third-order valence-corrected chi connectivity index (χ3v) is 5.66. The number of halogens is 1. The summed E-state index contributed by atoms with van der Waals surface area (Å²) in [5.41, 5.74) is 1.38. The molecule has 2 heterocycles. The van der Waals surface area contributed by atoms with Crippen LogP contribution in [0.2, 0.25) is 0 Å². The predicted molar refractivity (Wildman–Crippen MR) is 103 cm³/mol. The molecule has 4 rings (SSSR count). The van der Waals surface area contributed by atoms with Crippen LogP contribution in [-0.4, -0.2) is 39.3 Å². The van der Waals surface area contributed by atoms with E-state index >= 15 is 0 Å². The Morgan fingerprint density at radius 1 is 1.11 bits per heavy atom. The molecule has 1 aromatic carbocycles. The number of hydrogen-bond acceptors (Lipinski definition) is 4. The van der Waals surface area contributed by atoms with Crippen molar-refractivity contribution in [1.82, 2.24) is 14.9 Å². The van der Waals surface area contributed by atoms with Crippen molar-refractivity contribution < 1.29 is 14.0 Å². The van der Waals surface area contributed by atoms with Gasteiger partial charge in [0.2, 0.25) is 17.8 Å². The minimum absolute atomic E-state index is 0.0790. The number of carbonyl (C=O) groups excluding carboxylic acids is 2. The normalized spacial score (nSPS) is 22.3. The lowest BCUT2D eigenvalue weighted by Crippen LogP contribution is -2.40. The maximum absolute atomic E-state index is 13.3. The van der Waals surface area contributed by atoms with Crippen LogP contribution in [0, 0.1) is 11.7 Å². The van der Waals surface area contributed by atoms with Crippen molar-refractivity contribution in [2.45, 2.75) is 44.6 Å². The van der Waals surface area contributed by atoms with Crippen molar-refractivity contribution in [2.75, 3.05) is 11.9 Å². The molecule has 0 spiro atoms. The molecular formula is C21H23FN4O2. The molecular weight excluding hydrogens is 359 g/mol. The van der Waals surface area contributed by atoms with Crippen LogP contribution in [0.25, 0.3) is 11.1 Å². The molecule has 0 radical (unpaired) electrons. The molecule has 1 aliphatic carbocycles. The van der Waals surface area contributed by atoms with Crippen LogP contribution in [0.4, 0.5) is 10.3 Å². The van der Waals surface area contributed by atoms with E-state index < -0.39 is 0 Å². The first-order valence-corrected chi connectivity index (χ1v) is 9.78. The summed E-state index contributed by atoms with van der Waals surface area (Å²) >= 11 is 0. The van der Waals surface area contributed by atoms with Crippen molar-refractivity contribution in [3.05, 3.63) is 42.5 Å². The molecule has 6 nitrogen and oxygen atoms in total. The molecule has 0 unspecified atom stereocenters. The highest BCUT2D eigenvalue weighted by Crippen LogP contribution is 2.30. The van der Waals surface area contributed by atoms with Crippen molar-refractivity contribution in [3.63, 3.8) is 0 Å². The smallest absolute Gasteiger partial charge is 0.229 e. The van der Waals surface area contributed by atoms with Crippen LogP contribution in [0.1, 0.15) is 38.5 Å². The van der Waals surface area contributed by atoms with Crippen LogP contribution >= 0.6 is 0 Å². The number of amides is 2. The molecule has 146 valence electrons. The zero-order chi connectivity index (χ0) is 19.5. The van der Waals surface area contributed by atoms with E-state index in [9.17, 15) is 14.0 Å². The van der Waals surface area contributed by atoms with Gasteiger partial charge >= 0.3 is 0 Å². The van der Waals surface area contributed by atoms with E-state index in [1.54, 1.807) is 24.5 Å². The van der Waals surface area contributed by atoms with Gasteiger partial charge in [-0.3, -0.25) is 14.9 Å². The zero-order valence-electron chi connectivity index (χ0n) is 15.6. The van der Waals surface area contributed by atoms with Gasteiger partial charge in [0.15, 0.2) is 0 Å². The van der Waals surface area contributed by atoms with Gasteiger partial charge in [-0.15, -0.1) is 0 Å². The van der Waals surface area contributed by atoms with Gasteiger partial charge < -0.3 is 4.90 Å². The molecule has 1 saturated heterocycles. The van der Waals surface area contributed by atoms with E-state index in [1.807, 2.05) is 4.90 Å². The van der Waals surface area contributed by atoms with Crippen molar-refractivity contribution in [1.29, 1.82) is 0 Å². The zero-order valence-corrected chi connectivity index (χ0v) is 15.6. The quantitative estimate of drug-likeness (QED) is 0.879. The van der Waals surface area contributed by atoms with Crippen molar-refractivity contribution >= 4 is 17.8 Å². The lowest BCUT2D eigenvalue weighted by molar-refractivity contribution is -0.130. The van der Waals surface area contributed by atoms with Crippen LogP contribution in [0.5, 0.6) is 0 Å². The van der Waals surface area contributed by atoms with Gasteiger partial charge in [0.05, 0.1) is 0 Å². The fourth-order valence-electron chi connectivity index (χ4n) is 4.13. The van der Waals surface area contributed by atoms with Crippen LogP contribution in [0.3, 0.4) is 0 Å². The average Bonchev–Trinajstić information content (AvgIpc) is 3.14. The molecule has 1 saturated carbocycles. The number of nitrogens with zero attached hydrogens (tertiary/aromatic N) is 3. The summed E-state index contributed by atoms with van der Waals surface area (Å²) in [6.07, 6.45) is 8.02. The highest BCUT2D eigenvalue weighted by molar-refractivity contribution is 5.91. The highest BCUT2D eigenvalue weighted by Gasteiger charge is 2.33. The summed E-state index contributed by atoms with van der Waals surface area (Å²) in [6, 6.07) is 6.49. The second-order valence-electron chi connectivity index (χ2n) is 7.49. The van der Waals surface area contributed by atoms with Gasteiger partial charge in [-0.05, 0) is 49.8 Å². The number of aromatic nitrogens is 2. The Balaban J connectivity index is 1.32. The van der Waals surface area contributed by atoms with E-state index in [-0.39, 0.29) is 35.5 Å². The number of anilines is 1. The van der Waals surface area contributed by atoms with E-state index in [4.69, 9.17) is 0 Å². The standard InChI is InChI=1S/C21H23FN4O2/c22-17-4-1-3-15(11-17)16-12-23-21(24-13-16)25-20(28)14-6-8-18(9-7-14)26-10-2-5-19(26)27/h1,3-4,11-14,18H,2,5-10H2,(H,23,24,25,28). The molecule has 28 heavy (non-hydrogen) atoms. The maximum atomic E-state index is 13.3. The number of nitrogens with one attached hydrogen (secondary N) is 1. The van der Waals surface area contributed by atoms with Gasteiger partial charge in [-0.25, -0.2) is 14.4 Å². The molecule has 2 aliphatic rings. The number of likely N-dealkylation sites (tertiary alicyclic amines) is 1. The summed E-state index contributed by atoms with van der Waals surface area (Å²) in [7, 11) is 0. The van der Waals surface area contributed by atoms with Gasteiger partial charge in [0.1, 0.15) is 5.82 Å². The molecule has 2 fully saturated rings. The molecule has 0 bridgehead atoms. The maximum Gasteiger partial charge on any atom is 0.229 e. The summed E-state index contributed by atoms with van der Waals surface area (Å²) in [4.78, 5) is 34.8. The topological polar surface area (TPSA) is 75.2 Å². The average molecular weight is 382 g/mol. The lowest BCUT2D eigenvalue weighted by atomic mass is 9.85. The van der Waals surface area contributed by atoms with Crippen LogP contribution < -0.4 is 5.32 Å². The van der Waals surface area contributed by atoms with Crippen LogP contribution in [-0.2, 0) is 9.59 Å². The number of carbonyl (C=O) groups is 2. The Hall–Kier alpha value is -2.83. The monoisotopic (exact) mass is 382 g/mol. The lowest BCUT2D eigenvalue weighted by Gasteiger charge is -2.34. The van der Waals surface area contributed by atoms with E-state index in [1.165, 1.54) is 12.1 Å². The molecule has 0 atom stereocenters. The van der Waals surface area contributed by atoms with E-state index in [0.29, 0.717) is 17.5 Å². The largest absolute Gasteiger partial charge is 0.340 e. The summed E-state index contributed by atoms with van der Waals surface area (Å²) in [6.45, 7) is 0.853. The SMILES string of the molecule is O=C(Nc1ncc(-c2cccc(F)c2)cn1)C1CCC(N2CCCC2=O)CC1. The Morgan fingerprint density at radius 2 is 1.86 bits per heavy atom. The Bertz CT molecular complexity index is 863. The number of hydrogen-bond donors (Lipinski definition) is 1. The molecule has 7 heteroatoms. The minimum Gasteiger partial charge on any atom is -0.340 e. The molecule has 2 amide bonds. The first-order chi connectivity index (χ1) is 13.6.